The molecule has 1 aromatic rings. The van der Waals surface area contributed by atoms with Gasteiger partial charge in [0, 0.05) is 12.2 Å². The van der Waals surface area contributed by atoms with Gasteiger partial charge >= 0.3 is 0 Å². The summed E-state index contributed by atoms with van der Waals surface area (Å²) in [6.45, 7) is 1.07. The number of rotatable bonds is 3. The van der Waals surface area contributed by atoms with Crippen molar-refractivity contribution in [1.29, 1.82) is 0 Å². The van der Waals surface area contributed by atoms with Crippen molar-refractivity contribution < 1.29 is 0 Å². The topological polar surface area (TPSA) is 12.0 Å². The Kier molecular flexibility index (Phi) is 3.92. The normalized spacial score (nSPS) is 16.9. The van der Waals surface area contributed by atoms with Crippen molar-refractivity contribution in [2.24, 2.45) is 5.92 Å². The van der Waals surface area contributed by atoms with Gasteiger partial charge in [-0.3, -0.25) is 0 Å². The van der Waals surface area contributed by atoms with Gasteiger partial charge in [-0.05, 0) is 46.8 Å². The summed E-state index contributed by atoms with van der Waals surface area (Å²) in [5.41, 5.74) is 1.11. The summed E-state index contributed by atoms with van der Waals surface area (Å²) >= 11 is 9.52. The fraction of sp³-hybridized carbons (Fsp3) is 0.500. The van der Waals surface area contributed by atoms with E-state index in [-0.39, 0.29) is 0 Å². The van der Waals surface area contributed by atoms with Crippen LogP contribution in [0.15, 0.2) is 22.7 Å². The molecule has 0 spiro atoms. The Balaban J connectivity index is 1.95. The maximum Gasteiger partial charge on any atom is 0.0593 e. The lowest BCUT2D eigenvalue weighted by molar-refractivity contribution is 0.580. The molecule has 0 unspecified atom stereocenters. The first kappa shape index (κ1) is 11.3. The van der Waals surface area contributed by atoms with E-state index in [0.29, 0.717) is 0 Å². The highest BCUT2D eigenvalue weighted by molar-refractivity contribution is 9.10. The Morgan fingerprint density at radius 3 is 2.80 bits per heavy atom. The van der Waals surface area contributed by atoms with E-state index in [1.165, 1.54) is 25.7 Å². The van der Waals surface area contributed by atoms with Crippen LogP contribution in [0, 0.1) is 5.92 Å². The van der Waals surface area contributed by atoms with Crippen LogP contribution in [0.3, 0.4) is 0 Å². The molecule has 1 aromatic carbocycles. The third kappa shape index (κ3) is 2.88. The molecule has 0 amide bonds. The smallest absolute Gasteiger partial charge is 0.0593 e. The molecular formula is C12H15BrClN. The van der Waals surface area contributed by atoms with Crippen molar-refractivity contribution in [2.45, 2.75) is 25.7 Å². The molecule has 3 heteroatoms. The third-order valence-electron chi connectivity index (χ3n) is 3.01. The van der Waals surface area contributed by atoms with Gasteiger partial charge in [0.1, 0.15) is 0 Å². The first-order valence-electron chi connectivity index (χ1n) is 5.45. The zero-order valence-corrected chi connectivity index (χ0v) is 10.9. The molecule has 0 atom stereocenters. The number of halogens is 2. The molecule has 1 nitrogen and oxygen atoms in total. The molecule has 1 fully saturated rings. The summed E-state index contributed by atoms with van der Waals surface area (Å²) in [7, 11) is 0. The largest absolute Gasteiger partial charge is 0.384 e. The van der Waals surface area contributed by atoms with E-state index >= 15 is 0 Å². The van der Waals surface area contributed by atoms with Crippen LogP contribution in [0.5, 0.6) is 0 Å². The van der Waals surface area contributed by atoms with Crippen LogP contribution < -0.4 is 5.32 Å². The highest BCUT2D eigenvalue weighted by Crippen LogP contribution is 2.31. The average Bonchev–Trinajstić information content (AvgIpc) is 2.73. The van der Waals surface area contributed by atoms with Gasteiger partial charge in [0.2, 0.25) is 0 Å². The van der Waals surface area contributed by atoms with E-state index in [4.69, 9.17) is 11.6 Å². The molecule has 2 rings (SSSR count). The summed E-state index contributed by atoms with van der Waals surface area (Å²) in [6.07, 6.45) is 5.52. The van der Waals surface area contributed by atoms with Crippen molar-refractivity contribution in [3.63, 3.8) is 0 Å². The predicted molar refractivity (Wildman–Crippen MR) is 69.6 cm³/mol. The molecule has 15 heavy (non-hydrogen) atoms. The van der Waals surface area contributed by atoms with Gasteiger partial charge in [-0.1, -0.05) is 30.5 Å². The fourth-order valence-corrected chi connectivity index (χ4v) is 2.69. The van der Waals surface area contributed by atoms with Crippen LogP contribution in [0.1, 0.15) is 25.7 Å². The van der Waals surface area contributed by atoms with Crippen LogP contribution in [-0.2, 0) is 0 Å². The number of nitrogens with one attached hydrogen (secondary N) is 1. The average molecular weight is 289 g/mol. The van der Waals surface area contributed by atoms with Crippen LogP contribution in [-0.4, -0.2) is 6.54 Å². The molecule has 1 N–H and O–H groups in total. The van der Waals surface area contributed by atoms with Crippen molar-refractivity contribution in [1.82, 2.24) is 0 Å². The summed E-state index contributed by atoms with van der Waals surface area (Å²) in [6, 6.07) is 5.93. The van der Waals surface area contributed by atoms with Gasteiger partial charge in [0.15, 0.2) is 0 Å². The lowest BCUT2D eigenvalue weighted by Crippen LogP contribution is -2.11. The maximum atomic E-state index is 6.02. The van der Waals surface area contributed by atoms with Crippen LogP contribution in [0.25, 0.3) is 0 Å². The quantitative estimate of drug-likeness (QED) is 0.850. The van der Waals surface area contributed by atoms with Gasteiger partial charge in [0.05, 0.1) is 9.50 Å². The van der Waals surface area contributed by atoms with Gasteiger partial charge in [-0.15, -0.1) is 0 Å². The van der Waals surface area contributed by atoms with E-state index < -0.39 is 0 Å². The second-order valence-electron chi connectivity index (χ2n) is 4.13. The lowest BCUT2D eigenvalue weighted by atomic mass is 10.1. The second-order valence-corrected chi connectivity index (χ2v) is 5.33. The van der Waals surface area contributed by atoms with Crippen LogP contribution >= 0.6 is 27.5 Å². The minimum atomic E-state index is 0.770. The number of hydrogen-bond donors (Lipinski definition) is 1. The molecule has 0 heterocycles. The molecule has 0 aliphatic heterocycles. The van der Waals surface area contributed by atoms with E-state index in [1.54, 1.807) is 0 Å². The number of anilines is 1. The van der Waals surface area contributed by atoms with Crippen molar-refractivity contribution in [3.05, 3.63) is 27.7 Å². The molecule has 1 aliphatic carbocycles. The van der Waals surface area contributed by atoms with Crippen LogP contribution in [0.4, 0.5) is 5.69 Å². The molecule has 1 aliphatic rings. The maximum absolute atomic E-state index is 6.02. The third-order valence-corrected chi connectivity index (χ3v) is 4.41. The standard InChI is InChI=1S/C12H15BrClN/c13-12-10(14)6-3-7-11(12)15-8-9-4-1-2-5-9/h3,6-7,9,15H,1-2,4-5,8H2. The Morgan fingerprint density at radius 1 is 1.33 bits per heavy atom. The van der Waals surface area contributed by atoms with E-state index in [2.05, 4.69) is 27.3 Å². The zero-order valence-electron chi connectivity index (χ0n) is 8.60. The minimum Gasteiger partial charge on any atom is -0.384 e. The monoisotopic (exact) mass is 287 g/mol. The zero-order chi connectivity index (χ0) is 10.7. The highest BCUT2D eigenvalue weighted by Gasteiger charge is 2.14. The van der Waals surface area contributed by atoms with E-state index in [1.807, 2.05) is 12.1 Å². The van der Waals surface area contributed by atoms with E-state index in [9.17, 15) is 0 Å². The molecule has 82 valence electrons. The molecule has 1 saturated carbocycles. The van der Waals surface area contributed by atoms with Crippen molar-refractivity contribution in [3.8, 4) is 0 Å². The van der Waals surface area contributed by atoms with Crippen molar-refractivity contribution >= 4 is 33.2 Å². The van der Waals surface area contributed by atoms with E-state index in [0.717, 1.165) is 27.6 Å². The first-order chi connectivity index (χ1) is 7.27. The van der Waals surface area contributed by atoms with Gasteiger partial charge in [0.25, 0.3) is 0 Å². The summed E-state index contributed by atoms with van der Waals surface area (Å²) in [4.78, 5) is 0. The number of hydrogen-bond acceptors (Lipinski definition) is 1. The highest BCUT2D eigenvalue weighted by atomic mass is 79.9. The second kappa shape index (κ2) is 5.22. The molecule has 0 saturated heterocycles. The molecule has 0 aromatic heterocycles. The van der Waals surface area contributed by atoms with Gasteiger partial charge in [-0.25, -0.2) is 0 Å². The summed E-state index contributed by atoms with van der Waals surface area (Å²) < 4.78 is 0.977. The Labute approximate surface area is 104 Å². The van der Waals surface area contributed by atoms with Crippen LogP contribution in [0.2, 0.25) is 5.02 Å². The van der Waals surface area contributed by atoms with Crippen molar-refractivity contribution in [2.75, 3.05) is 11.9 Å². The Bertz CT molecular complexity index is 334. The Hall–Kier alpha value is -0.210. The summed E-state index contributed by atoms with van der Waals surface area (Å²) in [5.74, 6) is 0.843. The predicted octanol–water partition coefficient (Wildman–Crippen LogP) is 4.70. The number of benzene rings is 1. The van der Waals surface area contributed by atoms with Gasteiger partial charge < -0.3 is 5.32 Å². The van der Waals surface area contributed by atoms with Gasteiger partial charge in [-0.2, -0.15) is 0 Å². The molecule has 0 radical (unpaired) electrons. The minimum absolute atomic E-state index is 0.770. The molecule has 0 bridgehead atoms. The first-order valence-corrected chi connectivity index (χ1v) is 6.62. The Morgan fingerprint density at radius 2 is 2.07 bits per heavy atom. The SMILES string of the molecule is Clc1cccc(NCC2CCCC2)c1Br. The summed E-state index contributed by atoms with van der Waals surface area (Å²) in [5, 5.41) is 4.23. The fourth-order valence-electron chi connectivity index (χ4n) is 2.11. The lowest BCUT2D eigenvalue weighted by Gasteiger charge is -2.13. The molecular weight excluding hydrogens is 273 g/mol.